The van der Waals surface area contributed by atoms with Crippen LogP contribution in [0.5, 0.6) is 0 Å². The van der Waals surface area contributed by atoms with Gasteiger partial charge in [0.2, 0.25) is 0 Å². The molecule has 0 radical (unpaired) electrons. The van der Waals surface area contributed by atoms with Crippen LogP contribution in [0.2, 0.25) is 0 Å². The fourth-order valence-electron chi connectivity index (χ4n) is 1.89. The molecule has 84 valence electrons. The molecule has 0 atom stereocenters. The molecule has 0 nitrogen and oxygen atoms in total. The minimum Gasteiger partial charge on any atom is -0.0654 e. The third-order valence-corrected chi connectivity index (χ3v) is 2.88. The maximum Gasteiger partial charge on any atom is 0.0626 e. The lowest BCUT2D eigenvalue weighted by atomic mass is 9.96. The van der Waals surface area contributed by atoms with Crippen LogP contribution in [0.1, 0.15) is 57.6 Å². The summed E-state index contributed by atoms with van der Waals surface area (Å²) in [5, 5.41) is 0. The molecule has 0 aromatic heterocycles. The van der Waals surface area contributed by atoms with Crippen LogP contribution < -0.4 is 0 Å². The zero-order chi connectivity index (χ0) is 12.0. The molecule has 0 N–H and O–H groups in total. The summed E-state index contributed by atoms with van der Waals surface area (Å²) in [4.78, 5) is 0. The van der Waals surface area contributed by atoms with E-state index in [1.165, 1.54) is 43.2 Å². The monoisotopic (exact) mass is 205 g/mol. The first kappa shape index (κ1) is 10.7. The van der Waals surface area contributed by atoms with Crippen molar-refractivity contribution >= 4 is 0 Å². The highest BCUT2D eigenvalue weighted by Crippen LogP contribution is 2.16. The number of rotatable bonds is 6. The zero-order valence-corrected chi connectivity index (χ0v) is 10.4. The second kappa shape index (κ2) is 6.66. The van der Waals surface area contributed by atoms with Crippen molar-refractivity contribution in [2.24, 2.45) is 0 Å². The lowest BCUT2D eigenvalue weighted by Crippen LogP contribution is -1.95. The van der Waals surface area contributed by atoms with E-state index in [-0.39, 0.29) is 0 Å². The van der Waals surface area contributed by atoms with E-state index in [0.717, 1.165) is 12.0 Å². The minimum atomic E-state index is 0.700. The van der Waals surface area contributed by atoms with Crippen molar-refractivity contribution in [1.82, 2.24) is 0 Å². The second-order valence-electron chi connectivity index (χ2n) is 4.37. The van der Waals surface area contributed by atoms with E-state index < -0.39 is 0 Å². The Labute approximate surface area is 96.1 Å². The van der Waals surface area contributed by atoms with Crippen molar-refractivity contribution in [2.45, 2.75) is 59.3 Å². The van der Waals surface area contributed by atoms with Crippen LogP contribution >= 0.6 is 0 Å². The number of hydrogen-bond acceptors (Lipinski definition) is 0. The molecule has 0 aliphatic heterocycles. The van der Waals surface area contributed by atoms with Gasteiger partial charge in [0, 0.05) is 0 Å². The predicted octanol–water partition coefficient (Wildman–Crippen LogP) is 4.68. The average molecular weight is 205 g/mol. The summed E-state index contributed by atoms with van der Waals surface area (Å²) in [5.41, 5.74) is 4.00. The van der Waals surface area contributed by atoms with Crippen LogP contribution in [0.4, 0.5) is 0 Å². The Morgan fingerprint density at radius 3 is 2.27 bits per heavy atom. The van der Waals surface area contributed by atoms with Gasteiger partial charge in [-0.05, 0) is 43.7 Å². The third kappa shape index (κ3) is 4.07. The maximum atomic E-state index is 7.87. The Balaban J connectivity index is 2.87. The van der Waals surface area contributed by atoms with Crippen molar-refractivity contribution in [3.8, 4) is 0 Å². The highest BCUT2D eigenvalue weighted by atomic mass is 14.1. The molecule has 1 aromatic carbocycles. The summed E-state index contributed by atoms with van der Waals surface area (Å²) >= 11 is 0. The highest BCUT2D eigenvalue weighted by molar-refractivity contribution is 5.31. The summed E-state index contributed by atoms with van der Waals surface area (Å²) in [5.74, 6) is 0. The first-order chi connectivity index (χ1) is 7.69. The van der Waals surface area contributed by atoms with Crippen molar-refractivity contribution in [3.63, 3.8) is 0 Å². The molecule has 0 aliphatic rings. The molecule has 1 aromatic rings. The topological polar surface area (TPSA) is 0 Å². The molecule has 0 saturated carbocycles. The number of unbranched alkanes of at least 4 members (excludes halogenated alkanes) is 2. The van der Waals surface area contributed by atoms with Crippen LogP contribution in [0, 0.1) is 6.92 Å². The largest absolute Gasteiger partial charge is 0.0654 e. The van der Waals surface area contributed by atoms with Crippen molar-refractivity contribution in [2.75, 3.05) is 0 Å². The Hall–Kier alpha value is -0.780. The van der Waals surface area contributed by atoms with E-state index in [9.17, 15) is 0 Å². The zero-order valence-electron chi connectivity index (χ0n) is 11.4. The molecule has 0 aliphatic carbocycles. The van der Waals surface area contributed by atoms with Gasteiger partial charge >= 0.3 is 0 Å². The van der Waals surface area contributed by atoms with E-state index in [4.69, 9.17) is 1.37 Å². The minimum absolute atomic E-state index is 0.700. The molecular formula is C15H24. The van der Waals surface area contributed by atoms with Crippen LogP contribution in [0.3, 0.4) is 0 Å². The summed E-state index contributed by atoms with van der Waals surface area (Å²) in [6.07, 6.45) is 7.29. The van der Waals surface area contributed by atoms with E-state index in [1.54, 1.807) is 0 Å². The average Bonchev–Trinajstić information content (AvgIpc) is 2.28. The Morgan fingerprint density at radius 2 is 1.67 bits per heavy atom. The molecule has 0 heterocycles. The Morgan fingerprint density at radius 1 is 1.07 bits per heavy atom. The molecule has 1 rings (SSSR count). The molecule has 0 amide bonds. The van der Waals surface area contributed by atoms with E-state index >= 15 is 0 Å². The summed E-state index contributed by atoms with van der Waals surface area (Å²) in [7, 11) is 0. The molecule has 0 heteroatoms. The first-order valence-electron chi connectivity index (χ1n) is 6.78. The van der Waals surface area contributed by atoms with Crippen LogP contribution in [0.15, 0.2) is 18.2 Å². The predicted molar refractivity (Wildman–Crippen MR) is 68.4 cm³/mol. The van der Waals surface area contributed by atoms with Crippen LogP contribution in [0.25, 0.3) is 0 Å². The van der Waals surface area contributed by atoms with Crippen LogP contribution in [-0.4, -0.2) is 0 Å². The van der Waals surface area contributed by atoms with Gasteiger partial charge in [0.1, 0.15) is 0 Å². The van der Waals surface area contributed by atoms with Gasteiger partial charge in [-0.15, -0.1) is 0 Å². The first-order valence-corrected chi connectivity index (χ1v) is 6.28. The van der Waals surface area contributed by atoms with E-state index in [1.807, 2.05) is 6.92 Å². The summed E-state index contributed by atoms with van der Waals surface area (Å²) in [6, 6.07) is 5.00. The normalized spacial score (nSPS) is 11.5. The smallest absolute Gasteiger partial charge is 0.0626 e. The molecule has 0 unspecified atom stereocenters. The molecule has 0 bridgehead atoms. The van der Waals surface area contributed by atoms with Gasteiger partial charge in [0.05, 0.1) is 1.37 Å². The Bertz CT molecular complexity index is 295. The lowest BCUT2D eigenvalue weighted by molar-refractivity contribution is 0.757. The molecular weight excluding hydrogens is 180 g/mol. The van der Waals surface area contributed by atoms with Crippen molar-refractivity contribution in [3.05, 3.63) is 34.9 Å². The van der Waals surface area contributed by atoms with Crippen molar-refractivity contribution < 1.29 is 1.37 Å². The van der Waals surface area contributed by atoms with Gasteiger partial charge in [0.25, 0.3) is 0 Å². The van der Waals surface area contributed by atoms with Gasteiger partial charge in [-0.1, -0.05) is 50.4 Å². The van der Waals surface area contributed by atoms with E-state index in [2.05, 4.69) is 26.0 Å². The van der Waals surface area contributed by atoms with Gasteiger partial charge in [0.15, 0.2) is 0 Å². The second-order valence-corrected chi connectivity index (χ2v) is 4.37. The maximum absolute atomic E-state index is 7.87. The molecule has 15 heavy (non-hydrogen) atoms. The number of benzene rings is 1. The molecule has 0 spiro atoms. The summed E-state index contributed by atoms with van der Waals surface area (Å²) < 4.78 is 7.87. The van der Waals surface area contributed by atoms with Crippen LogP contribution in [-0.2, 0) is 12.8 Å². The quantitative estimate of drug-likeness (QED) is 0.632. The fourth-order valence-corrected chi connectivity index (χ4v) is 1.89. The van der Waals surface area contributed by atoms with Gasteiger partial charge in [-0.2, -0.15) is 0 Å². The fraction of sp³-hybridized carbons (Fsp3) is 0.600. The van der Waals surface area contributed by atoms with Gasteiger partial charge in [-0.3, -0.25) is 0 Å². The standard InChI is InChI=1S/C15H24/c1-4-6-8-14-11-10-13(3)12-15(14)9-7-5-2/h10-12H,4-9H2,1-3H3/i10D. The third-order valence-electron chi connectivity index (χ3n) is 2.88. The van der Waals surface area contributed by atoms with Crippen molar-refractivity contribution in [1.29, 1.82) is 0 Å². The van der Waals surface area contributed by atoms with Gasteiger partial charge < -0.3 is 0 Å². The lowest BCUT2D eigenvalue weighted by Gasteiger charge is -2.09. The Kier molecular flexibility index (Phi) is 4.76. The molecule has 0 fully saturated rings. The summed E-state index contributed by atoms with van der Waals surface area (Å²) in [6.45, 7) is 6.50. The highest BCUT2D eigenvalue weighted by Gasteiger charge is 2.02. The van der Waals surface area contributed by atoms with E-state index in [0.29, 0.717) is 6.04 Å². The molecule has 0 saturated heterocycles. The number of aryl methyl sites for hydroxylation is 3. The van der Waals surface area contributed by atoms with Gasteiger partial charge in [-0.25, -0.2) is 0 Å². The number of hydrogen-bond donors (Lipinski definition) is 0. The SMILES string of the molecule is [2H]c1cc(CCCC)c(CCCC)cc1C.